The van der Waals surface area contributed by atoms with Crippen LogP contribution in [0.1, 0.15) is 23.2 Å². The Hall–Kier alpha value is -1.35. The third kappa shape index (κ3) is 4.63. The van der Waals surface area contributed by atoms with Crippen LogP contribution in [0.15, 0.2) is 56.7 Å². The molecule has 5 nitrogen and oxygen atoms in total. The van der Waals surface area contributed by atoms with E-state index in [-0.39, 0.29) is 22.4 Å². The standard InChI is InChI=1S/C17H17BrN2O3S2/c1-24-13-6-4-11(5-7-13)19-17(21)15-10-14(8-9-16(15)18)25(22,23)20-12-2-3-12/h4-10,12,20H,2-3H2,1H3,(H,19,21). The van der Waals surface area contributed by atoms with Crippen molar-refractivity contribution in [1.29, 1.82) is 0 Å². The molecule has 0 aliphatic heterocycles. The van der Waals surface area contributed by atoms with Gasteiger partial charge in [0.25, 0.3) is 5.91 Å². The van der Waals surface area contributed by atoms with Gasteiger partial charge in [-0.15, -0.1) is 11.8 Å². The number of hydrogen-bond acceptors (Lipinski definition) is 4. The quantitative estimate of drug-likeness (QED) is 0.668. The summed E-state index contributed by atoms with van der Waals surface area (Å²) < 4.78 is 27.8. The second kappa shape index (κ2) is 7.49. The van der Waals surface area contributed by atoms with Gasteiger partial charge in [-0.3, -0.25) is 4.79 Å². The Labute approximate surface area is 159 Å². The molecule has 132 valence electrons. The highest BCUT2D eigenvalue weighted by atomic mass is 79.9. The molecular formula is C17H17BrN2O3S2. The molecule has 2 N–H and O–H groups in total. The van der Waals surface area contributed by atoms with Gasteiger partial charge in [0.05, 0.1) is 10.5 Å². The molecule has 1 aliphatic rings. The van der Waals surface area contributed by atoms with Crippen molar-refractivity contribution in [1.82, 2.24) is 4.72 Å². The number of nitrogens with one attached hydrogen (secondary N) is 2. The molecule has 1 aliphatic carbocycles. The molecule has 2 aromatic rings. The highest BCUT2D eigenvalue weighted by Crippen LogP contribution is 2.26. The maximum absolute atomic E-state index is 12.5. The van der Waals surface area contributed by atoms with E-state index in [0.29, 0.717) is 10.2 Å². The third-order valence-corrected chi connectivity index (χ3v) is 6.69. The van der Waals surface area contributed by atoms with E-state index in [1.54, 1.807) is 17.8 Å². The summed E-state index contributed by atoms with van der Waals surface area (Å²) in [6.07, 6.45) is 3.69. The van der Waals surface area contributed by atoms with Gasteiger partial charge >= 0.3 is 0 Å². The molecule has 1 amide bonds. The summed E-state index contributed by atoms with van der Waals surface area (Å²) in [6.45, 7) is 0. The second-order valence-electron chi connectivity index (χ2n) is 5.72. The van der Waals surface area contributed by atoms with Crippen molar-refractivity contribution in [2.24, 2.45) is 0 Å². The highest BCUT2D eigenvalue weighted by Gasteiger charge is 2.28. The van der Waals surface area contributed by atoms with E-state index in [1.807, 2.05) is 30.5 Å². The molecule has 1 saturated carbocycles. The van der Waals surface area contributed by atoms with Gasteiger partial charge in [-0.25, -0.2) is 13.1 Å². The Balaban J connectivity index is 1.82. The smallest absolute Gasteiger partial charge is 0.256 e. The lowest BCUT2D eigenvalue weighted by atomic mass is 10.2. The molecule has 3 rings (SSSR count). The molecule has 0 aromatic heterocycles. The number of sulfonamides is 1. The first-order chi connectivity index (χ1) is 11.9. The zero-order valence-corrected chi connectivity index (χ0v) is 16.7. The minimum atomic E-state index is -3.61. The summed E-state index contributed by atoms with van der Waals surface area (Å²) >= 11 is 4.93. The number of amides is 1. The van der Waals surface area contributed by atoms with E-state index in [2.05, 4.69) is 26.0 Å². The predicted octanol–water partition coefficient (Wildman–Crippen LogP) is 3.86. The molecule has 25 heavy (non-hydrogen) atoms. The lowest BCUT2D eigenvalue weighted by molar-refractivity contribution is 0.102. The number of hydrogen-bond donors (Lipinski definition) is 2. The normalized spacial score (nSPS) is 14.3. The molecule has 2 aromatic carbocycles. The Morgan fingerprint density at radius 1 is 1.16 bits per heavy atom. The zero-order valence-electron chi connectivity index (χ0n) is 13.5. The first kappa shape index (κ1) is 18.4. The number of anilines is 1. The number of thioether (sulfide) groups is 1. The van der Waals surface area contributed by atoms with Crippen LogP contribution in [-0.4, -0.2) is 26.6 Å². The summed E-state index contributed by atoms with van der Waals surface area (Å²) in [4.78, 5) is 13.7. The number of benzene rings is 2. The van der Waals surface area contributed by atoms with Crippen LogP contribution in [-0.2, 0) is 10.0 Å². The molecule has 0 heterocycles. The van der Waals surface area contributed by atoms with Crippen molar-refractivity contribution in [3.8, 4) is 0 Å². The Kier molecular flexibility index (Phi) is 5.52. The average molecular weight is 441 g/mol. The maximum atomic E-state index is 12.5. The Morgan fingerprint density at radius 2 is 1.84 bits per heavy atom. The molecular weight excluding hydrogens is 424 g/mol. The summed E-state index contributed by atoms with van der Waals surface area (Å²) in [5.41, 5.74) is 0.923. The molecule has 0 radical (unpaired) electrons. The number of carbonyl (C=O) groups excluding carboxylic acids is 1. The van der Waals surface area contributed by atoms with E-state index in [1.165, 1.54) is 12.1 Å². The van der Waals surface area contributed by atoms with Crippen LogP contribution in [0.25, 0.3) is 0 Å². The van der Waals surface area contributed by atoms with Gasteiger partial charge in [0.1, 0.15) is 0 Å². The first-order valence-corrected chi connectivity index (χ1v) is 11.2. The molecule has 0 unspecified atom stereocenters. The molecule has 0 spiro atoms. The second-order valence-corrected chi connectivity index (χ2v) is 9.17. The van der Waals surface area contributed by atoms with Crippen molar-refractivity contribution in [3.63, 3.8) is 0 Å². The van der Waals surface area contributed by atoms with Gasteiger partial charge in [-0.05, 0) is 77.5 Å². The first-order valence-electron chi connectivity index (χ1n) is 7.66. The fourth-order valence-electron chi connectivity index (χ4n) is 2.21. The van der Waals surface area contributed by atoms with Gasteiger partial charge in [-0.1, -0.05) is 0 Å². The summed E-state index contributed by atoms with van der Waals surface area (Å²) in [5.74, 6) is -0.368. The minimum Gasteiger partial charge on any atom is -0.322 e. The third-order valence-electron chi connectivity index (χ3n) is 3.74. The van der Waals surface area contributed by atoms with Crippen LogP contribution < -0.4 is 10.0 Å². The van der Waals surface area contributed by atoms with E-state index < -0.39 is 10.0 Å². The van der Waals surface area contributed by atoms with Crippen LogP contribution in [0.5, 0.6) is 0 Å². The highest BCUT2D eigenvalue weighted by molar-refractivity contribution is 9.10. The van der Waals surface area contributed by atoms with E-state index in [9.17, 15) is 13.2 Å². The number of carbonyl (C=O) groups is 1. The molecule has 8 heteroatoms. The van der Waals surface area contributed by atoms with Gasteiger partial charge < -0.3 is 5.32 Å². The minimum absolute atomic E-state index is 0.0147. The monoisotopic (exact) mass is 440 g/mol. The summed E-state index contributed by atoms with van der Waals surface area (Å²) in [7, 11) is -3.61. The van der Waals surface area contributed by atoms with Crippen molar-refractivity contribution >= 4 is 49.3 Å². The number of halogens is 1. The summed E-state index contributed by atoms with van der Waals surface area (Å²) in [6, 6.07) is 11.9. The lowest BCUT2D eigenvalue weighted by Gasteiger charge is -2.10. The van der Waals surface area contributed by atoms with Crippen LogP contribution in [0.4, 0.5) is 5.69 Å². The lowest BCUT2D eigenvalue weighted by Crippen LogP contribution is -2.26. The van der Waals surface area contributed by atoms with Gasteiger partial charge in [0.2, 0.25) is 10.0 Å². The van der Waals surface area contributed by atoms with Crippen LogP contribution >= 0.6 is 27.7 Å². The largest absolute Gasteiger partial charge is 0.322 e. The number of rotatable bonds is 6. The van der Waals surface area contributed by atoms with E-state index in [4.69, 9.17) is 0 Å². The van der Waals surface area contributed by atoms with Crippen molar-refractivity contribution < 1.29 is 13.2 Å². The van der Waals surface area contributed by atoms with Crippen LogP contribution in [0.2, 0.25) is 0 Å². The molecule has 0 bridgehead atoms. The van der Waals surface area contributed by atoms with Gasteiger partial charge in [0, 0.05) is 21.1 Å². The fourth-order valence-corrected chi connectivity index (χ4v) is 4.37. The van der Waals surface area contributed by atoms with Gasteiger partial charge in [0.15, 0.2) is 0 Å². The SMILES string of the molecule is CSc1ccc(NC(=O)c2cc(S(=O)(=O)NC3CC3)ccc2Br)cc1. The zero-order chi connectivity index (χ0) is 18.0. The van der Waals surface area contributed by atoms with Crippen LogP contribution in [0.3, 0.4) is 0 Å². The van der Waals surface area contributed by atoms with Crippen LogP contribution in [0, 0.1) is 0 Å². The van der Waals surface area contributed by atoms with Crippen molar-refractivity contribution in [2.45, 2.75) is 28.7 Å². The van der Waals surface area contributed by atoms with Gasteiger partial charge in [-0.2, -0.15) is 0 Å². The average Bonchev–Trinajstić information content (AvgIpc) is 3.39. The molecule has 0 saturated heterocycles. The maximum Gasteiger partial charge on any atom is 0.256 e. The Bertz CT molecular complexity index is 895. The van der Waals surface area contributed by atoms with E-state index in [0.717, 1.165) is 17.7 Å². The Morgan fingerprint density at radius 3 is 2.44 bits per heavy atom. The van der Waals surface area contributed by atoms with Crippen molar-refractivity contribution in [3.05, 3.63) is 52.5 Å². The summed E-state index contributed by atoms with van der Waals surface area (Å²) in [5, 5.41) is 2.79. The molecule has 0 atom stereocenters. The fraction of sp³-hybridized carbons (Fsp3) is 0.235. The predicted molar refractivity (Wildman–Crippen MR) is 104 cm³/mol. The van der Waals surface area contributed by atoms with Crippen molar-refractivity contribution in [2.75, 3.05) is 11.6 Å². The topological polar surface area (TPSA) is 75.3 Å². The molecule has 1 fully saturated rings. The van der Waals surface area contributed by atoms with E-state index >= 15 is 0 Å².